The number of rotatable bonds is 9. The van der Waals surface area contributed by atoms with Crippen molar-refractivity contribution in [3.05, 3.63) is 94.5 Å². The molecule has 3 aromatic carbocycles. The van der Waals surface area contributed by atoms with Crippen molar-refractivity contribution in [3.63, 3.8) is 0 Å². The Kier molecular flexibility index (Phi) is 8.16. The summed E-state index contributed by atoms with van der Waals surface area (Å²) >= 11 is 5.96. The van der Waals surface area contributed by atoms with E-state index in [9.17, 15) is 28.2 Å². The first-order chi connectivity index (χ1) is 16.5. The third-order valence-corrected chi connectivity index (χ3v) is 7.62. The largest absolute Gasteiger partial charge is 0.465 e. The molecule has 2 amide bonds. The number of hydrogen-bond acceptors (Lipinski definition) is 5. The lowest BCUT2D eigenvalue weighted by Gasteiger charge is -2.29. The van der Waals surface area contributed by atoms with Crippen LogP contribution >= 0.6 is 11.6 Å². The van der Waals surface area contributed by atoms with Crippen LogP contribution in [0.4, 0.5) is 4.79 Å². The van der Waals surface area contributed by atoms with E-state index < -0.39 is 34.0 Å². The predicted molar refractivity (Wildman–Crippen MR) is 131 cm³/mol. The smallest absolute Gasteiger partial charge is 0.407 e. The number of sulfone groups is 1. The van der Waals surface area contributed by atoms with Gasteiger partial charge in [0, 0.05) is 16.6 Å². The van der Waals surface area contributed by atoms with Crippen LogP contribution in [0.25, 0.3) is 0 Å². The summed E-state index contributed by atoms with van der Waals surface area (Å²) in [7, 11) is -3.81. The van der Waals surface area contributed by atoms with Crippen molar-refractivity contribution in [3.8, 4) is 0 Å². The monoisotopic (exact) mass is 516 g/mol. The summed E-state index contributed by atoms with van der Waals surface area (Å²) in [5, 5.41) is 20.6. The summed E-state index contributed by atoms with van der Waals surface area (Å²) in [6, 6.07) is 17.6. The predicted octanol–water partition coefficient (Wildman–Crippen LogP) is 3.92. The molecule has 3 aromatic rings. The Hall–Kier alpha value is -3.40. The van der Waals surface area contributed by atoms with Crippen LogP contribution in [0.3, 0.4) is 0 Å². The third-order valence-electron chi connectivity index (χ3n) is 5.59. The van der Waals surface area contributed by atoms with Gasteiger partial charge in [0.25, 0.3) is 0 Å². The fourth-order valence-electron chi connectivity index (χ4n) is 3.64. The minimum Gasteiger partial charge on any atom is -0.465 e. The van der Waals surface area contributed by atoms with Crippen LogP contribution in [-0.2, 0) is 16.3 Å². The second-order valence-electron chi connectivity index (χ2n) is 8.09. The summed E-state index contributed by atoms with van der Waals surface area (Å²) in [6.07, 6.45) is -1.93. The molecule has 0 aliphatic carbocycles. The van der Waals surface area contributed by atoms with Crippen molar-refractivity contribution in [1.82, 2.24) is 4.90 Å². The van der Waals surface area contributed by atoms with Gasteiger partial charge < -0.3 is 20.8 Å². The van der Waals surface area contributed by atoms with Crippen LogP contribution in [0, 0.1) is 0 Å². The molecule has 0 saturated carbocycles. The van der Waals surface area contributed by atoms with E-state index in [1.165, 1.54) is 36.4 Å². The molecule has 0 radical (unpaired) electrons. The molecule has 184 valence electrons. The van der Waals surface area contributed by atoms with Gasteiger partial charge in [0.15, 0.2) is 0 Å². The molecular formula is C25H25ClN2O6S. The SMILES string of the molecule is C[C@H](Cc1ccc(S(=O)(=O)c2ccc(C(N)=O)cc2)cc1)N(C[C@H](O)c1cccc(Cl)c1)C(=O)O. The third kappa shape index (κ3) is 6.39. The number of amides is 2. The van der Waals surface area contributed by atoms with Crippen molar-refractivity contribution in [2.24, 2.45) is 5.73 Å². The molecule has 4 N–H and O–H groups in total. The number of hydrogen-bond donors (Lipinski definition) is 3. The number of halogens is 1. The summed E-state index contributed by atoms with van der Waals surface area (Å²) in [6.45, 7) is 1.56. The molecule has 10 heteroatoms. The number of nitrogens with zero attached hydrogens (tertiary/aromatic N) is 1. The Balaban J connectivity index is 1.72. The van der Waals surface area contributed by atoms with Gasteiger partial charge in [-0.1, -0.05) is 35.9 Å². The molecular weight excluding hydrogens is 492 g/mol. The molecule has 0 saturated heterocycles. The van der Waals surface area contributed by atoms with Gasteiger partial charge in [0.05, 0.1) is 22.4 Å². The quantitative estimate of drug-likeness (QED) is 0.394. The summed E-state index contributed by atoms with van der Waals surface area (Å²) < 4.78 is 25.8. The molecule has 0 aliphatic rings. The highest BCUT2D eigenvalue weighted by Gasteiger charge is 2.24. The van der Waals surface area contributed by atoms with Crippen molar-refractivity contribution >= 4 is 33.4 Å². The summed E-state index contributed by atoms with van der Waals surface area (Å²) in [4.78, 5) is 24.3. The van der Waals surface area contributed by atoms with Crippen molar-refractivity contribution in [2.75, 3.05) is 6.54 Å². The Labute approximate surface area is 208 Å². The van der Waals surface area contributed by atoms with E-state index in [2.05, 4.69) is 0 Å². The first-order valence-corrected chi connectivity index (χ1v) is 12.5. The van der Waals surface area contributed by atoms with Crippen LogP contribution in [0.15, 0.2) is 82.6 Å². The fourth-order valence-corrected chi connectivity index (χ4v) is 5.10. The molecule has 0 unspecified atom stereocenters. The van der Waals surface area contributed by atoms with Crippen molar-refractivity contribution < 1.29 is 28.2 Å². The van der Waals surface area contributed by atoms with E-state index in [-0.39, 0.29) is 21.9 Å². The van der Waals surface area contributed by atoms with Gasteiger partial charge in [-0.2, -0.15) is 0 Å². The zero-order valence-corrected chi connectivity index (χ0v) is 20.4. The molecule has 0 spiro atoms. The lowest BCUT2D eigenvalue weighted by Crippen LogP contribution is -2.41. The van der Waals surface area contributed by atoms with E-state index in [0.717, 1.165) is 10.5 Å². The van der Waals surface area contributed by atoms with Gasteiger partial charge in [0.1, 0.15) is 0 Å². The highest BCUT2D eigenvalue weighted by molar-refractivity contribution is 7.91. The number of carboxylic acid groups (broad SMARTS) is 1. The highest BCUT2D eigenvalue weighted by atomic mass is 35.5. The fraction of sp³-hybridized carbons (Fsp3) is 0.200. The van der Waals surface area contributed by atoms with Crippen LogP contribution in [0.1, 0.15) is 34.5 Å². The first kappa shape index (κ1) is 26.2. The number of primary amides is 1. The van der Waals surface area contributed by atoms with Gasteiger partial charge >= 0.3 is 6.09 Å². The van der Waals surface area contributed by atoms with Gasteiger partial charge in [-0.3, -0.25) is 4.79 Å². The van der Waals surface area contributed by atoms with Gasteiger partial charge in [0.2, 0.25) is 15.7 Å². The molecule has 0 fully saturated rings. The number of aliphatic hydroxyl groups is 1. The number of nitrogens with two attached hydrogens (primary N) is 1. The Morgan fingerprint density at radius 2 is 1.57 bits per heavy atom. The van der Waals surface area contributed by atoms with Gasteiger partial charge in [-0.05, 0) is 73.0 Å². The average Bonchev–Trinajstić information content (AvgIpc) is 2.82. The highest BCUT2D eigenvalue weighted by Crippen LogP contribution is 2.23. The Bertz CT molecular complexity index is 1310. The summed E-state index contributed by atoms with van der Waals surface area (Å²) in [5.41, 5.74) is 6.63. The number of aliphatic hydroxyl groups excluding tert-OH is 1. The normalized spacial score (nSPS) is 13.1. The topological polar surface area (TPSA) is 138 Å². The first-order valence-electron chi connectivity index (χ1n) is 10.7. The second-order valence-corrected chi connectivity index (χ2v) is 10.5. The van der Waals surface area contributed by atoms with E-state index in [0.29, 0.717) is 17.0 Å². The lowest BCUT2D eigenvalue weighted by atomic mass is 10.0. The van der Waals surface area contributed by atoms with Gasteiger partial charge in [-0.25, -0.2) is 13.2 Å². The Morgan fingerprint density at radius 1 is 1.00 bits per heavy atom. The molecule has 35 heavy (non-hydrogen) atoms. The van der Waals surface area contributed by atoms with Crippen LogP contribution < -0.4 is 5.73 Å². The molecule has 0 aromatic heterocycles. The van der Waals surface area contributed by atoms with E-state index in [1.807, 2.05) is 0 Å². The number of carbonyl (C=O) groups is 2. The number of carbonyl (C=O) groups excluding carboxylic acids is 1. The Morgan fingerprint density at radius 3 is 2.09 bits per heavy atom. The summed E-state index contributed by atoms with van der Waals surface area (Å²) in [5.74, 6) is -0.650. The maximum atomic E-state index is 12.9. The van der Waals surface area contributed by atoms with Gasteiger partial charge in [-0.15, -0.1) is 0 Å². The molecule has 0 aliphatic heterocycles. The zero-order valence-electron chi connectivity index (χ0n) is 18.8. The lowest BCUT2D eigenvalue weighted by molar-refractivity contribution is 0.0799. The minimum atomic E-state index is -3.81. The van der Waals surface area contributed by atoms with Crippen molar-refractivity contribution in [1.29, 1.82) is 0 Å². The number of benzene rings is 3. The average molecular weight is 517 g/mol. The minimum absolute atomic E-state index is 0.0238. The molecule has 0 heterocycles. The molecule has 8 nitrogen and oxygen atoms in total. The molecule has 3 rings (SSSR count). The zero-order chi connectivity index (χ0) is 25.8. The van der Waals surface area contributed by atoms with E-state index in [1.54, 1.807) is 43.3 Å². The van der Waals surface area contributed by atoms with Crippen molar-refractivity contribution in [2.45, 2.75) is 35.3 Å². The second kappa shape index (κ2) is 10.9. The van der Waals surface area contributed by atoms with Crippen LogP contribution in [0.5, 0.6) is 0 Å². The van der Waals surface area contributed by atoms with E-state index >= 15 is 0 Å². The molecule has 0 bridgehead atoms. The van der Waals surface area contributed by atoms with Crippen LogP contribution in [0.2, 0.25) is 5.02 Å². The van der Waals surface area contributed by atoms with Crippen LogP contribution in [-0.4, -0.2) is 48.1 Å². The standard InChI is InChI=1S/C25H25ClN2O6S/c1-16(28(25(31)32)15-23(29)19-3-2-4-20(26)14-19)13-17-5-9-21(10-6-17)35(33,34)22-11-7-18(8-12-22)24(27)30/h2-12,14,16,23,29H,13,15H2,1H3,(H2,27,30)(H,31,32)/t16-,23+/m1/s1. The molecule has 2 atom stereocenters. The maximum Gasteiger partial charge on any atom is 0.407 e. The van der Waals surface area contributed by atoms with E-state index in [4.69, 9.17) is 17.3 Å². The maximum absolute atomic E-state index is 12.9.